The summed E-state index contributed by atoms with van der Waals surface area (Å²) in [7, 11) is 0. The zero-order valence-electron chi connectivity index (χ0n) is 15.0. The maximum Gasteiger partial charge on any atom is 0.255 e. The molecule has 0 fully saturated rings. The summed E-state index contributed by atoms with van der Waals surface area (Å²) in [6.07, 6.45) is 6.89. The van der Waals surface area contributed by atoms with Crippen LogP contribution in [0.2, 0.25) is 0 Å². The minimum atomic E-state index is -0.183. The summed E-state index contributed by atoms with van der Waals surface area (Å²) in [5.41, 5.74) is 3.91. The van der Waals surface area contributed by atoms with Gasteiger partial charge in [-0.3, -0.25) is 14.5 Å². The maximum absolute atomic E-state index is 12.5. The van der Waals surface area contributed by atoms with Crippen molar-refractivity contribution in [2.24, 2.45) is 0 Å². The van der Waals surface area contributed by atoms with Crippen molar-refractivity contribution < 1.29 is 4.79 Å². The summed E-state index contributed by atoms with van der Waals surface area (Å²) in [6.45, 7) is 6.04. The fraction of sp³-hybridized carbons (Fsp3) is 0.190. The fourth-order valence-electron chi connectivity index (χ4n) is 2.36. The number of aryl methyl sites for hydroxylation is 1. The van der Waals surface area contributed by atoms with Crippen LogP contribution in [0.5, 0.6) is 0 Å². The van der Waals surface area contributed by atoms with Crippen LogP contribution in [-0.4, -0.2) is 20.7 Å². The minimum Gasteiger partial charge on any atom is -0.319 e. The number of hydrogen-bond donors (Lipinski definition) is 1. The molecule has 0 aliphatic heterocycles. The van der Waals surface area contributed by atoms with Crippen LogP contribution >= 0.6 is 0 Å². The van der Waals surface area contributed by atoms with Gasteiger partial charge in [-0.15, -0.1) is 0 Å². The van der Waals surface area contributed by atoms with Crippen LogP contribution in [0.3, 0.4) is 0 Å². The molecule has 0 aliphatic rings. The first-order chi connectivity index (χ1) is 12.5. The zero-order chi connectivity index (χ0) is 18.5. The van der Waals surface area contributed by atoms with Gasteiger partial charge in [0.2, 0.25) is 0 Å². The predicted octanol–water partition coefficient (Wildman–Crippen LogP) is 3.82. The van der Waals surface area contributed by atoms with Crippen LogP contribution in [0.1, 0.15) is 46.9 Å². The summed E-state index contributed by atoms with van der Waals surface area (Å²) in [5.74, 6) is 6.01. The zero-order valence-corrected chi connectivity index (χ0v) is 15.0. The Morgan fingerprint density at radius 3 is 2.73 bits per heavy atom. The van der Waals surface area contributed by atoms with E-state index in [2.05, 4.69) is 27.2 Å². The van der Waals surface area contributed by atoms with Gasteiger partial charge in [0, 0.05) is 41.3 Å². The molecule has 0 saturated heterocycles. The Bertz CT molecular complexity index is 978. The number of amides is 1. The Labute approximate surface area is 153 Å². The molecule has 0 bridgehead atoms. The summed E-state index contributed by atoms with van der Waals surface area (Å²) in [4.78, 5) is 16.6. The number of aromatic nitrogens is 3. The van der Waals surface area contributed by atoms with E-state index in [4.69, 9.17) is 0 Å². The van der Waals surface area contributed by atoms with Crippen molar-refractivity contribution in [3.8, 4) is 11.8 Å². The van der Waals surface area contributed by atoms with E-state index in [0.29, 0.717) is 11.3 Å². The average molecular weight is 344 g/mol. The first-order valence-corrected chi connectivity index (χ1v) is 8.41. The van der Waals surface area contributed by atoms with E-state index in [0.717, 1.165) is 16.7 Å². The molecule has 26 heavy (non-hydrogen) atoms. The minimum absolute atomic E-state index is 0.183. The van der Waals surface area contributed by atoms with Crippen molar-refractivity contribution in [2.75, 3.05) is 5.32 Å². The van der Waals surface area contributed by atoms with Crippen molar-refractivity contribution in [3.05, 3.63) is 77.4 Å². The number of nitrogens with one attached hydrogen (secondary N) is 1. The first-order valence-electron chi connectivity index (χ1n) is 8.41. The van der Waals surface area contributed by atoms with E-state index >= 15 is 0 Å². The van der Waals surface area contributed by atoms with Gasteiger partial charge < -0.3 is 5.32 Å². The van der Waals surface area contributed by atoms with Gasteiger partial charge in [-0.2, -0.15) is 5.10 Å². The lowest BCUT2D eigenvalue weighted by Gasteiger charge is -2.06. The lowest BCUT2D eigenvalue weighted by molar-refractivity contribution is 0.102. The molecule has 0 spiro atoms. The quantitative estimate of drug-likeness (QED) is 0.735. The average Bonchev–Trinajstić information content (AvgIpc) is 3.10. The van der Waals surface area contributed by atoms with Gasteiger partial charge in [-0.05, 0) is 50.6 Å². The Kier molecular flexibility index (Phi) is 5.14. The lowest BCUT2D eigenvalue weighted by Crippen LogP contribution is -2.12. The molecule has 5 heteroatoms. The smallest absolute Gasteiger partial charge is 0.255 e. The molecule has 0 radical (unpaired) electrons. The fourth-order valence-corrected chi connectivity index (χ4v) is 2.36. The number of nitrogens with zero attached hydrogens (tertiary/aromatic N) is 3. The molecule has 5 nitrogen and oxygen atoms in total. The van der Waals surface area contributed by atoms with Crippen LogP contribution in [0, 0.1) is 18.8 Å². The third-order valence-corrected chi connectivity index (χ3v) is 3.89. The van der Waals surface area contributed by atoms with Crippen LogP contribution < -0.4 is 5.32 Å². The summed E-state index contributed by atoms with van der Waals surface area (Å²) in [5, 5.41) is 7.10. The number of rotatable bonds is 3. The maximum atomic E-state index is 12.5. The molecule has 2 aromatic heterocycles. The second-order valence-electron chi connectivity index (χ2n) is 6.28. The monoisotopic (exact) mass is 344 g/mol. The van der Waals surface area contributed by atoms with E-state index in [1.165, 1.54) is 0 Å². The third-order valence-electron chi connectivity index (χ3n) is 3.89. The van der Waals surface area contributed by atoms with Crippen molar-refractivity contribution >= 4 is 11.6 Å². The molecular formula is C21H20N4O. The van der Waals surface area contributed by atoms with E-state index in [1.807, 2.05) is 45.2 Å². The second-order valence-corrected chi connectivity index (χ2v) is 6.28. The van der Waals surface area contributed by atoms with E-state index in [9.17, 15) is 4.79 Å². The van der Waals surface area contributed by atoms with Gasteiger partial charge in [0.25, 0.3) is 5.91 Å². The number of benzene rings is 1. The highest BCUT2D eigenvalue weighted by atomic mass is 16.1. The summed E-state index contributed by atoms with van der Waals surface area (Å²) >= 11 is 0. The standard InChI is InChI=1S/C21H20N4O/c1-15(2)25-14-20(13-23-25)24-21(26)19-8-6-16(3)18(11-19)9-7-17-5-4-10-22-12-17/h4-6,8,10-15H,1-3H3,(H,24,26). The van der Waals surface area contributed by atoms with Crippen molar-refractivity contribution in [3.63, 3.8) is 0 Å². The topological polar surface area (TPSA) is 59.8 Å². The Hall–Kier alpha value is -3.39. The highest BCUT2D eigenvalue weighted by Gasteiger charge is 2.10. The third kappa shape index (κ3) is 4.17. The molecule has 0 unspecified atom stereocenters. The SMILES string of the molecule is Cc1ccc(C(=O)Nc2cnn(C(C)C)c2)cc1C#Cc1cccnc1. The van der Waals surface area contributed by atoms with Gasteiger partial charge in [0.1, 0.15) is 0 Å². The largest absolute Gasteiger partial charge is 0.319 e. The number of anilines is 1. The van der Waals surface area contributed by atoms with Gasteiger partial charge in [0.15, 0.2) is 0 Å². The van der Waals surface area contributed by atoms with Crippen LogP contribution in [0.25, 0.3) is 0 Å². The van der Waals surface area contributed by atoms with Gasteiger partial charge >= 0.3 is 0 Å². The normalized spacial score (nSPS) is 10.3. The molecule has 3 rings (SSSR count). The van der Waals surface area contributed by atoms with Gasteiger partial charge in [0.05, 0.1) is 11.9 Å². The van der Waals surface area contributed by atoms with E-state index in [-0.39, 0.29) is 11.9 Å². The molecule has 1 N–H and O–H groups in total. The second kappa shape index (κ2) is 7.66. The molecule has 3 aromatic rings. The van der Waals surface area contributed by atoms with E-state index < -0.39 is 0 Å². The molecule has 0 aliphatic carbocycles. The molecule has 1 amide bonds. The van der Waals surface area contributed by atoms with Gasteiger partial charge in [-0.25, -0.2) is 0 Å². The van der Waals surface area contributed by atoms with Crippen molar-refractivity contribution in [2.45, 2.75) is 26.8 Å². The molecule has 0 saturated carbocycles. The number of hydrogen-bond acceptors (Lipinski definition) is 3. The van der Waals surface area contributed by atoms with Crippen LogP contribution in [0.15, 0.2) is 55.1 Å². The molecule has 130 valence electrons. The lowest BCUT2D eigenvalue weighted by atomic mass is 10.0. The van der Waals surface area contributed by atoms with Crippen molar-refractivity contribution in [1.29, 1.82) is 0 Å². The summed E-state index contributed by atoms with van der Waals surface area (Å²) in [6, 6.07) is 9.50. The molecule has 2 heterocycles. The Morgan fingerprint density at radius 1 is 1.19 bits per heavy atom. The summed E-state index contributed by atoms with van der Waals surface area (Å²) < 4.78 is 1.80. The van der Waals surface area contributed by atoms with Gasteiger partial charge in [-0.1, -0.05) is 17.9 Å². The Morgan fingerprint density at radius 2 is 2.04 bits per heavy atom. The Balaban J connectivity index is 1.80. The van der Waals surface area contributed by atoms with Crippen LogP contribution in [0.4, 0.5) is 5.69 Å². The van der Waals surface area contributed by atoms with Crippen molar-refractivity contribution in [1.82, 2.24) is 14.8 Å². The highest BCUT2D eigenvalue weighted by Crippen LogP contribution is 2.14. The molecule has 0 atom stereocenters. The number of carbonyl (C=O) groups is 1. The molecule has 1 aromatic carbocycles. The van der Waals surface area contributed by atoms with Crippen LogP contribution in [-0.2, 0) is 0 Å². The predicted molar refractivity (Wildman–Crippen MR) is 102 cm³/mol. The number of pyridine rings is 1. The molecular weight excluding hydrogens is 324 g/mol. The number of carbonyl (C=O) groups excluding carboxylic acids is 1. The highest BCUT2D eigenvalue weighted by molar-refractivity contribution is 6.04. The first kappa shape index (κ1) is 17.4. The van der Waals surface area contributed by atoms with E-state index in [1.54, 1.807) is 35.4 Å².